The van der Waals surface area contributed by atoms with Crippen molar-refractivity contribution >= 4 is 5.91 Å². The number of benzene rings is 1. The first-order valence-corrected chi connectivity index (χ1v) is 8.94. The lowest BCUT2D eigenvalue weighted by atomic mass is 10.1. The molecule has 134 valence electrons. The first-order chi connectivity index (χ1) is 12.6. The molecule has 0 bridgehead atoms. The highest BCUT2D eigenvalue weighted by molar-refractivity contribution is 5.76. The molecule has 3 rings (SSSR count). The Hall–Kier alpha value is -2.95. The van der Waals surface area contributed by atoms with Crippen LogP contribution in [-0.2, 0) is 11.3 Å². The number of hydrogen-bond donors (Lipinski definition) is 1. The number of nitrogens with one attached hydrogen (secondary N) is 1. The van der Waals surface area contributed by atoms with Gasteiger partial charge in [0.1, 0.15) is 0 Å². The second-order valence-corrected chi connectivity index (χ2v) is 6.73. The van der Waals surface area contributed by atoms with Crippen molar-refractivity contribution < 1.29 is 4.79 Å². The van der Waals surface area contributed by atoms with Crippen molar-refractivity contribution in [2.45, 2.75) is 33.2 Å². The van der Waals surface area contributed by atoms with Crippen molar-refractivity contribution in [3.05, 3.63) is 66.6 Å². The number of para-hydroxylation sites is 1. The van der Waals surface area contributed by atoms with Gasteiger partial charge in [0.2, 0.25) is 5.91 Å². The average molecular weight is 348 g/mol. The van der Waals surface area contributed by atoms with Crippen LogP contribution in [0.15, 0.2) is 61.1 Å². The zero-order valence-corrected chi connectivity index (χ0v) is 15.2. The van der Waals surface area contributed by atoms with Gasteiger partial charge in [-0.1, -0.05) is 32.0 Å². The smallest absolute Gasteiger partial charge is 0.220 e. The van der Waals surface area contributed by atoms with Crippen molar-refractivity contribution in [1.29, 1.82) is 0 Å². The van der Waals surface area contributed by atoms with E-state index in [0.29, 0.717) is 18.9 Å². The second kappa shape index (κ2) is 8.43. The Bertz CT molecular complexity index is 841. The fourth-order valence-corrected chi connectivity index (χ4v) is 2.71. The van der Waals surface area contributed by atoms with E-state index in [2.05, 4.69) is 24.1 Å². The topological polar surface area (TPSA) is 59.8 Å². The summed E-state index contributed by atoms with van der Waals surface area (Å²) in [5.41, 5.74) is 3.82. The highest BCUT2D eigenvalue weighted by Gasteiger charge is 2.13. The number of amides is 1. The second-order valence-electron chi connectivity index (χ2n) is 6.73. The maximum atomic E-state index is 12.1. The van der Waals surface area contributed by atoms with E-state index in [1.807, 2.05) is 53.3 Å². The molecule has 2 aromatic heterocycles. The molecule has 0 fully saturated rings. The van der Waals surface area contributed by atoms with E-state index >= 15 is 0 Å². The van der Waals surface area contributed by atoms with Gasteiger partial charge in [-0.3, -0.25) is 9.78 Å². The molecule has 0 saturated carbocycles. The van der Waals surface area contributed by atoms with Gasteiger partial charge in [-0.25, -0.2) is 4.68 Å². The summed E-state index contributed by atoms with van der Waals surface area (Å²) in [6.07, 6.45) is 6.93. The van der Waals surface area contributed by atoms with Gasteiger partial charge in [0.05, 0.1) is 11.4 Å². The summed E-state index contributed by atoms with van der Waals surface area (Å²) in [5.74, 6) is 0.598. The van der Waals surface area contributed by atoms with Gasteiger partial charge < -0.3 is 5.32 Å². The van der Waals surface area contributed by atoms with E-state index in [1.165, 1.54) is 0 Å². The fourth-order valence-electron chi connectivity index (χ4n) is 2.71. The van der Waals surface area contributed by atoms with Crippen LogP contribution in [0.3, 0.4) is 0 Å². The van der Waals surface area contributed by atoms with Gasteiger partial charge in [0, 0.05) is 42.7 Å². The molecule has 2 heterocycles. The Morgan fingerprint density at radius 1 is 1.12 bits per heavy atom. The average Bonchev–Trinajstić information content (AvgIpc) is 3.10. The van der Waals surface area contributed by atoms with Gasteiger partial charge in [-0.15, -0.1) is 0 Å². The van der Waals surface area contributed by atoms with Crippen molar-refractivity contribution in [3.63, 3.8) is 0 Å². The maximum absolute atomic E-state index is 12.1. The molecule has 3 aromatic rings. The normalized spacial score (nSPS) is 10.9. The van der Waals surface area contributed by atoms with Crippen LogP contribution in [0.25, 0.3) is 16.9 Å². The summed E-state index contributed by atoms with van der Waals surface area (Å²) in [4.78, 5) is 16.2. The first-order valence-electron chi connectivity index (χ1n) is 8.94. The van der Waals surface area contributed by atoms with Crippen LogP contribution in [0.1, 0.15) is 32.3 Å². The van der Waals surface area contributed by atoms with E-state index in [4.69, 9.17) is 5.10 Å². The van der Waals surface area contributed by atoms with Gasteiger partial charge in [0.15, 0.2) is 0 Å². The predicted molar refractivity (Wildman–Crippen MR) is 103 cm³/mol. The summed E-state index contributed by atoms with van der Waals surface area (Å²) in [5, 5.41) is 7.76. The molecule has 1 amide bonds. The predicted octanol–water partition coefficient (Wildman–Crippen LogP) is 3.99. The van der Waals surface area contributed by atoms with Crippen LogP contribution in [0.2, 0.25) is 0 Å². The molecule has 0 saturated heterocycles. The van der Waals surface area contributed by atoms with Crippen molar-refractivity contribution in [2.24, 2.45) is 5.92 Å². The Labute approximate surface area is 154 Å². The minimum Gasteiger partial charge on any atom is -0.352 e. The van der Waals surface area contributed by atoms with E-state index in [1.54, 1.807) is 12.4 Å². The lowest BCUT2D eigenvalue weighted by molar-refractivity contribution is -0.121. The maximum Gasteiger partial charge on any atom is 0.220 e. The summed E-state index contributed by atoms with van der Waals surface area (Å²) >= 11 is 0. The number of rotatable bonds is 7. The third kappa shape index (κ3) is 4.57. The monoisotopic (exact) mass is 348 g/mol. The number of carbonyl (C=O) groups excluding carboxylic acids is 1. The molecule has 5 heteroatoms. The van der Waals surface area contributed by atoms with Crippen molar-refractivity contribution in [2.75, 3.05) is 0 Å². The summed E-state index contributed by atoms with van der Waals surface area (Å²) in [6, 6.07) is 13.8. The SMILES string of the molecule is CC(C)CCC(=O)NCc1cn(-c2ccccc2)nc1-c1ccncc1. The molecule has 0 aliphatic rings. The van der Waals surface area contributed by atoms with Gasteiger partial charge in [0.25, 0.3) is 0 Å². The Kier molecular flexibility index (Phi) is 5.79. The van der Waals surface area contributed by atoms with Crippen molar-refractivity contribution in [3.8, 4) is 16.9 Å². The molecule has 5 nitrogen and oxygen atoms in total. The standard InChI is InChI=1S/C21H24N4O/c1-16(2)8-9-20(26)23-14-18-15-25(19-6-4-3-5-7-19)24-21(18)17-10-12-22-13-11-17/h3-7,10-13,15-16H,8-9,14H2,1-2H3,(H,23,26). The number of nitrogens with zero attached hydrogens (tertiary/aromatic N) is 3. The number of hydrogen-bond acceptors (Lipinski definition) is 3. The van der Waals surface area contributed by atoms with Crippen LogP contribution in [0, 0.1) is 5.92 Å². The lowest BCUT2D eigenvalue weighted by Gasteiger charge is -2.07. The van der Waals surface area contributed by atoms with Gasteiger partial charge in [-0.2, -0.15) is 5.10 Å². The van der Waals surface area contributed by atoms with Crippen LogP contribution in [0.5, 0.6) is 0 Å². The number of aromatic nitrogens is 3. The highest BCUT2D eigenvalue weighted by Crippen LogP contribution is 2.23. The molecular weight excluding hydrogens is 324 g/mol. The Morgan fingerprint density at radius 2 is 1.85 bits per heavy atom. The molecule has 0 radical (unpaired) electrons. The molecule has 0 aliphatic carbocycles. The molecule has 26 heavy (non-hydrogen) atoms. The molecule has 0 aliphatic heterocycles. The van der Waals surface area contributed by atoms with E-state index in [0.717, 1.165) is 28.9 Å². The first kappa shape index (κ1) is 17.9. The largest absolute Gasteiger partial charge is 0.352 e. The van der Waals surface area contributed by atoms with Crippen LogP contribution in [-0.4, -0.2) is 20.7 Å². The summed E-state index contributed by atoms with van der Waals surface area (Å²) in [7, 11) is 0. The zero-order chi connectivity index (χ0) is 18.4. The highest BCUT2D eigenvalue weighted by atomic mass is 16.1. The Balaban J connectivity index is 1.83. The third-order valence-electron chi connectivity index (χ3n) is 4.19. The summed E-state index contributed by atoms with van der Waals surface area (Å²) in [6.45, 7) is 4.71. The van der Waals surface area contributed by atoms with E-state index in [-0.39, 0.29) is 5.91 Å². The molecule has 1 N–H and O–H groups in total. The zero-order valence-electron chi connectivity index (χ0n) is 15.2. The third-order valence-corrected chi connectivity index (χ3v) is 4.19. The fraction of sp³-hybridized carbons (Fsp3) is 0.286. The lowest BCUT2D eigenvalue weighted by Crippen LogP contribution is -2.22. The quantitative estimate of drug-likeness (QED) is 0.702. The molecule has 1 aromatic carbocycles. The molecule has 0 atom stereocenters. The molecule has 0 unspecified atom stereocenters. The summed E-state index contributed by atoms with van der Waals surface area (Å²) < 4.78 is 1.85. The number of pyridine rings is 1. The molecule has 0 spiro atoms. The van der Waals surface area contributed by atoms with Gasteiger partial charge in [-0.05, 0) is 36.6 Å². The minimum atomic E-state index is 0.0758. The van der Waals surface area contributed by atoms with E-state index in [9.17, 15) is 4.79 Å². The van der Waals surface area contributed by atoms with Crippen LogP contribution in [0.4, 0.5) is 0 Å². The Morgan fingerprint density at radius 3 is 2.54 bits per heavy atom. The van der Waals surface area contributed by atoms with E-state index < -0.39 is 0 Å². The molecular formula is C21H24N4O. The van der Waals surface area contributed by atoms with Crippen LogP contribution >= 0.6 is 0 Å². The van der Waals surface area contributed by atoms with Crippen molar-refractivity contribution in [1.82, 2.24) is 20.1 Å². The number of carbonyl (C=O) groups is 1. The van der Waals surface area contributed by atoms with Gasteiger partial charge >= 0.3 is 0 Å². The minimum absolute atomic E-state index is 0.0758. The van der Waals surface area contributed by atoms with Crippen LogP contribution < -0.4 is 5.32 Å².